The van der Waals surface area contributed by atoms with E-state index >= 15 is 0 Å². The number of carbonyl (C=O) groups excluding carboxylic acids is 1. The molecule has 2 aliphatic heterocycles. The van der Waals surface area contributed by atoms with Crippen molar-refractivity contribution in [2.45, 2.75) is 36.8 Å². The van der Waals surface area contributed by atoms with Gasteiger partial charge in [0.05, 0.1) is 12.2 Å². The number of rotatable bonds is 5. The number of carboxylic acid groups (broad SMARTS) is 1. The zero-order valence-corrected chi connectivity index (χ0v) is 18.5. The molecule has 2 aliphatic rings. The molecule has 3 aromatic carbocycles. The molecule has 0 saturated carbocycles. The molecule has 0 aromatic heterocycles. The maximum atomic E-state index is 12.7. The molecule has 0 radical (unpaired) electrons. The van der Waals surface area contributed by atoms with Crippen LogP contribution in [-0.2, 0) is 14.3 Å². The lowest BCUT2D eigenvalue weighted by atomic mass is 9.88. The number of cyclic esters (lactones) is 1. The van der Waals surface area contributed by atoms with Gasteiger partial charge in [-0.2, -0.15) is 0 Å². The van der Waals surface area contributed by atoms with Gasteiger partial charge in [-0.25, -0.2) is 9.59 Å². The van der Waals surface area contributed by atoms with E-state index in [4.69, 9.17) is 14.2 Å². The molecule has 0 aliphatic carbocycles. The first kappa shape index (κ1) is 24.0. The second kappa shape index (κ2) is 9.04. The minimum atomic E-state index is -1.77. The largest absolute Gasteiger partial charge is 0.504 e. The van der Waals surface area contributed by atoms with Gasteiger partial charge in [-0.3, -0.25) is 0 Å². The summed E-state index contributed by atoms with van der Waals surface area (Å²) in [6.45, 7) is -0.692. The van der Waals surface area contributed by atoms with Crippen LogP contribution in [0.25, 0.3) is 21.9 Å². The number of aromatic hydroxyl groups is 1. The molecule has 6 atom stereocenters. The number of ether oxygens (including phenoxy) is 3. The predicted molar refractivity (Wildman–Crippen MR) is 121 cm³/mol. The summed E-state index contributed by atoms with van der Waals surface area (Å²) in [6.07, 6.45) is -9.73. The molecule has 6 N–H and O–H groups in total. The first-order valence-corrected chi connectivity index (χ1v) is 11.0. The molecule has 1 saturated heterocycles. The van der Waals surface area contributed by atoms with Gasteiger partial charge in [0, 0.05) is 16.3 Å². The summed E-state index contributed by atoms with van der Waals surface area (Å²) >= 11 is 0. The quantitative estimate of drug-likeness (QED) is 0.272. The molecular weight excluding hydrogens is 476 g/mol. The fourth-order valence-corrected chi connectivity index (χ4v) is 4.60. The van der Waals surface area contributed by atoms with Crippen LogP contribution in [0, 0.1) is 0 Å². The lowest BCUT2D eigenvalue weighted by Crippen LogP contribution is -2.60. The first-order chi connectivity index (χ1) is 17.2. The van der Waals surface area contributed by atoms with Gasteiger partial charge in [-0.1, -0.05) is 36.4 Å². The Morgan fingerprint density at radius 2 is 1.64 bits per heavy atom. The van der Waals surface area contributed by atoms with Gasteiger partial charge in [0.15, 0.2) is 11.5 Å². The lowest BCUT2D eigenvalue weighted by molar-refractivity contribution is -0.277. The Balaban J connectivity index is 1.76. The van der Waals surface area contributed by atoms with Gasteiger partial charge >= 0.3 is 11.9 Å². The Morgan fingerprint density at radius 3 is 2.31 bits per heavy atom. The molecule has 1 unspecified atom stereocenters. The van der Waals surface area contributed by atoms with Gasteiger partial charge < -0.3 is 44.8 Å². The van der Waals surface area contributed by atoms with E-state index < -0.39 is 61.1 Å². The van der Waals surface area contributed by atoms with Crippen LogP contribution in [0.2, 0.25) is 0 Å². The van der Waals surface area contributed by atoms with Gasteiger partial charge in [-0.15, -0.1) is 0 Å². The van der Waals surface area contributed by atoms with Crippen molar-refractivity contribution in [3.63, 3.8) is 0 Å². The fraction of sp³-hybridized carbons (Fsp3) is 0.280. The van der Waals surface area contributed by atoms with Crippen molar-refractivity contribution < 1.29 is 54.4 Å². The number of phenols is 1. The maximum absolute atomic E-state index is 12.7. The maximum Gasteiger partial charge on any atom is 0.349 e. The van der Waals surface area contributed by atoms with Crippen molar-refractivity contribution in [3.8, 4) is 22.6 Å². The number of carboxylic acids is 1. The van der Waals surface area contributed by atoms with E-state index in [9.17, 15) is 40.2 Å². The number of carbonyl (C=O) groups is 2. The molecule has 3 aromatic rings. The number of benzene rings is 3. The molecule has 188 valence electrons. The van der Waals surface area contributed by atoms with Gasteiger partial charge in [0.1, 0.15) is 24.4 Å². The molecule has 11 nitrogen and oxygen atoms in total. The van der Waals surface area contributed by atoms with Crippen molar-refractivity contribution in [1.82, 2.24) is 0 Å². The van der Waals surface area contributed by atoms with Crippen molar-refractivity contribution in [2.75, 3.05) is 6.61 Å². The van der Waals surface area contributed by atoms with Crippen LogP contribution in [0.1, 0.15) is 22.0 Å². The third-order valence-corrected chi connectivity index (χ3v) is 6.36. The van der Waals surface area contributed by atoms with Crippen molar-refractivity contribution in [3.05, 3.63) is 59.7 Å². The van der Waals surface area contributed by atoms with Crippen molar-refractivity contribution in [2.24, 2.45) is 0 Å². The van der Waals surface area contributed by atoms with Crippen molar-refractivity contribution in [1.29, 1.82) is 0 Å². The van der Waals surface area contributed by atoms with Crippen LogP contribution in [0.15, 0.2) is 48.5 Å². The Kier molecular flexibility index (Phi) is 6.02. The van der Waals surface area contributed by atoms with Crippen LogP contribution in [0.3, 0.4) is 0 Å². The third kappa shape index (κ3) is 3.74. The Bertz CT molecular complexity index is 1340. The van der Waals surface area contributed by atoms with E-state index in [1.165, 1.54) is 6.07 Å². The number of aliphatic hydroxyl groups excluding tert-OH is 4. The highest BCUT2D eigenvalue weighted by Gasteiger charge is 2.45. The number of aliphatic hydroxyl groups is 4. The number of hydrogen-bond donors (Lipinski definition) is 6. The SMILES string of the molecule is O=C1OC(C(=O)O)c2cc(O)c(O[C@@H]3O[C@H](CO)[C@@H](O)[C@H](O)[C@H]3O)c3c(-c4ccccc4)ccc1c23. The third-order valence-electron chi connectivity index (χ3n) is 6.36. The summed E-state index contributed by atoms with van der Waals surface area (Å²) in [5.74, 6) is -3.14. The van der Waals surface area contributed by atoms with Gasteiger partial charge in [0.25, 0.3) is 0 Å². The molecule has 0 bridgehead atoms. The highest BCUT2D eigenvalue weighted by atomic mass is 16.7. The van der Waals surface area contributed by atoms with Crippen LogP contribution in [0.5, 0.6) is 11.5 Å². The molecule has 1 fully saturated rings. The summed E-state index contributed by atoms with van der Waals surface area (Å²) in [6, 6.07) is 13.0. The van der Waals surface area contributed by atoms with Crippen molar-refractivity contribution >= 4 is 22.7 Å². The summed E-state index contributed by atoms with van der Waals surface area (Å²) in [4.78, 5) is 24.6. The smallest absolute Gasteiger partial charge is 0.349 e. The topological polar surface area (TPSA) is 183 Å². The zero-order valence-electron chi connectivity index (χ0n) is 18.5. The molecule has 0 amide bonds. The minimum Gasteiger partial charge on any atom is -0.504 e. The fourth-order valence-electron chi connectivity index (χ4n) is 4.60. The second-order valence-corrected chi connectivity index (χ2v) is 8.53. The standard InChI is InChI=1S/C25H22O11/c26-9-15-18(28)19(29)20(30)25(34-15)36-22-14(27)8-13-16-12(24(33)35-21(13)23(31)32)7-6-11(17(16)22)10-4-2-1-3-5-10/h1-8,15,18-21,25-30H,9H2,(H,31,32)/t15-,18-,19+,20-,21?,25+/m1/s1. The van der Waals surface area contributed by atoms with E-state index in [0.717, 1.165) is 6.07 Å². The molecule has 5 rings (SSSR count). The number of aliphatic carboxylic acids is 1. The second-order valence-electron chi connectivity index (χ2n) is 8.53. The lowest BCUT2D eigenvalue weighted by Gasteiger charge is -2.39. The van der Waals surface area contributed by atoms with E-state index in [2.05, 4.69) is 0 Å². The Labute approximate surface area is 203 Å². The number of esters is 1. The highest BCUT2D eigenvalue weighted by Crippen LogP contribution is 2.48. The summed E-state index contributed by atoms with van der Waals surface area (Å²) in [5.41, 5.74) is 1.16. The first-order valence-electron chi connectivity index (χ1n) is 11.0. The van der Waals surface area contributed by atoms with Crippen LogP contribution in [0.4, 0.5) is 0 Å². The number of phenolic OH excluding ortho intramolecular Hbond substituents is 1. The van der Waals surface area contributed by atoms with E-state index in [1.54, 1.807) is 36.4 Å². The summed E-state index contributed by atoms with van der Waals surface area (Å²) in [5, 5.41) is 61.2. The van der Waals surface area contributed by atoms with Crippen LogP contribution < -0.4 is 4.74 Å². The molecule has 0 spiro atoms. The monoisotopic (exact) mass is 498 g/mol. The molecular formula is C25H22O11. The average Bonchev–Trinajstić information content (AvgIpc) is 2.88. The Morgan fingerprint density at radius 1 is 0.944 bits per heavy atom. The molecule has 11 heteroatoms. The summed E-state index contributed by atoms with van der Waals surface area (Å²) < 4.78 is 16.3. The zero-order chi connectivity index (χ0) is 25.7. The van der Waals surface area contributed by atoms with Crippen LogP contribution >= 0.6 is 0 Å². The molecule has 36 heavy (non-hydrogen) atoms. The average molecular weight is 498 g/mol. The Hall–Kier alpha value is -3.74. The predicted octanol–water partition coefficient (Wildman–Crippen LogP) is 0.687. The normalized spacial score (nSPS) is 27.5. The van der Waals surface area contributed by atoms with E-state index in [0.29, 0.717) is 11.1 Å². The molecule has 2 heterocycles. The summed E-state index contributed by atoms with van der Waals surface area (Å²) in [7, 11) is 0. The van der Waals surface area contributed by atoms with E-state index in [-0.39, 0.29) is 27.6 Å². The minimum absolute atomic E-state index is 0.0172. The highest BCUT2D eigenvalue weighted by molar-refractivity contribution is 6.16. The number of hydrogen-bond acceptors (Lipinski definition) is 10. The van der Waals surface area contributed by atoms with Gasteiger partial charge in [-0.05, 0) is 23.3 Å². The van der Waals surface area contributed by atoms with Crippen LogP contribution in [-0.4, -0.2) is 79.9 Å². The van der Waals surface area contributed by atoms with E-state index in [1.807, 2.05) is 0 Å². The van der Waals surface area contributed by atoms with Gasteiger partial charge in [0.2, 0.25) is 12.4 Å².